The molecule has 0 saturated carbocycles. The summed E-state index contributed by atoms with van der Waals surface area (Å²) < 4.78 is 13.0. The number of carbonyl (C=O) groups is 1. The van der Waals surface area contributed by atoms with Gasteiger partial charge in [0.25, 0.3) is 5.91 Å². The molecular formula is C24H28N4O3. The van der Waals surface area contributed by atoms with E-state index in [1.165, 1.54) is 0 Å². The summed E-state index contributed by atoms with van der Waals surface area (Å²) in [4.78, 5) is 12.7. The summed E-state index contributed by atoms with van der Waals surface area (Å²) in [7, 11) is 1.66. The predicted octanol–water partition coefficient (Wildman–Crippen LogP) is 4.54. The SMILES string of the molecule is COCC(C)n1c(C)cc(/C=C(/C#N)C(=O)Nc2cccc(OCCCC#N)c2)c1C. The number of rotatable bonds is 10. The number of unbranched alkanes of at least 4 members (excludes halogenated alkanes) is 1. The monoisotopic (exact) mass is 420 g/mol. The molecule has 0 bridgehead atoms. The molecule has 0 saturated heterocycles. The Morgan fingerprint density at radius 3 is 2.74 bits per heavy atom. The molecule has 1 N–H and O–H groups in total. The van der Waals surface area contributed by atoms with Gasteiger partial charge in [-0.25, -0.2) is 0 Å². The Balaban J connectivity index is 2.16. The smallest absolute Gasteiger partial charge is 0.266 e. The summed E-state index contributed by atoms with van der Waals surface area (Å²) in [6, 6.07) is 13.1. The summed E-state index contributed by atoms with van der Waals surface area (Å²) >= 11 is 0. The van der Waals surface area contributed by atoms with Crippen LogP contribution in [0.3, 0.4) is 0 Å². The van der Waals surface area contributed by atoms with E-state index in [-0.39, 0.29) is 11.6 Å². The van der Waals surface area contributed by atoms with Gasteiger partial charge in [-0.05, 0) is 57.0 Å². The van der Waals surface area contributed by atoms with Crippen LogP contribution < -0.4 is 10.1 Å². The van der Waals surface area contributed by atoms with Gasteiger partial charge in [0.05, 0.1) is 25.3 Å². The molecule has 0 aliphatic carbocycles. The molecule has 1 atom stereocenters. The molecule has 1 amide bonds. The van der Waals surface area contributed by atoms with Crippen LogP contribution in [0, 0.1) is 36.5 Å². The Morgan fingerprint density at radius 1 is 1.29 bits per heavy atom. The molecule has 1 heterocycles. The second kappa shape index (κ2) is 11.6. The number of hydrogen-bond acceptors (Lipinski definition) is 5. The van der Waals surface area contributed by atoms with E-state index in [0.717, 1.165) is 17.0 Å². The Labute approximate surface area is 183 Å². The van der Waals surface area contributed by atoms with Gasteiger partial charge in [0.15, 0.2) is 0 Å². The normalized spacial score (nSPS) is 12.0. The van der Waals surface area contributed by atoms with Crippen molar-refractivity contribution in [3.8, 4) is 17.9 Å². The number of amides is 1. The third-order valence-electron chi connectivity index (χ3n) is 4.83. The Kier molecular flexibility index (Phi) is 8.87. The van der Waals surface area contributed by atoms with Crippen LogP contribution in [0.5, 0.6) is 5.75 Å². The molecule has 0 spiro atoms. The van der Waals surface area contributed by atoms with Crippen LogP contribution in [-0.2, 0) is 9.53 Å². The van der Waals surface area contributed by atoms with Crippen LogP contribution in [0.15, 0.2) is 35.9 Å². The van der Waals surface area contributed by atoms with Gasteiger partial charge >= 0.3 is 0 Å². The standard InChI is InChI=1S/C24H28N4O3/c1-17-12-20(19(3)28(17)18(2)16-30-4)13-21(15-26)24(29)27-22-8-7-9-23(14-22)31-11-6-5-10-25/h7-9,12-14,18H,5-6,11,16H2,1-4H3,(H,27,29)/b21-13-. The van der Waals surface area contributed by atoms with Crippen LogP contribution in [0.1, 0.15) is 42.8 Å². The minimum absolute atomic E-state index is 0.0139. The largest absolute Gasteiger partial charge is 0.493 e. The number of methoxy groups -OCH3 is 1. The van der Waals surface area contributed by atoms with Gasteiger partial charge in [-0.1, -0.05) is 6.07 Å². The van der Waals surface area contributed by atoms with Crippen molar-refractivity contribution in [3.05, 3.63) is 52.9 Å². The third kappa shape index (κ3) is 6.47. The molecule has 1 unspecified atom stereocenters. The summed E-state index contributed by atoms with van der Waals surface area (Å²) in [5, 5.41) is 20.9. The molecule has 7 heteroatoms. The lowest BCUT2D eigenvalue weighted by Crippen LogP contribution is -2.14. The van der Waals surface area contributed by atoms with Crippen LogP contribution in [0.4, 0.5) is 5.69 Å². The number of benzene rings is 1. The van der Waals surface area contributed by atoms with E-state index in [0.29, 0.717) is 37.5 Å². The van der Waals surface area contributed by atoms with Gasteiger partial charge in [-0.15, -0.1) is 0 Å². The van der Waals surface area contributed by atoms with Crippen molar-refractivity contribution >= 4 is 17.7 Å². The molecule has 0 fully saturated rings. The highest BCUT2D eigenvalue weighted by Crippen LogP contribution is 2.23. The fourth-order valence-corrected chi connectivity index (χ4v) is 3.45. The zero-order chi connectivity index (χ0) is 22.8. The van der Waals surface area contributed by atoms with E-state index in [4.69, 9.17) is 14.7 Å². The highest BCUT2D eigenvalue weighted by molar-refractivity contribution is 6.09. The van der Waals surface area contributed by atoms with Gasteiger partial charge in [-0.2, -0.15) is 10.5 Å². The van der Waals surface area contributed by atoms with Crippen molar-refractivity contribution in [2.45, 2.75) is 39.7 Å². The van der Waals surface area contributed by atoms with Crippen LogP contribution in [0.2, 0.25) is 0 Å². The van der Waals surface area contributed by atoms with Crippen molar-refractivity contribution in [2.24, 2.45) is 0 Å². The highest BCUT2D eigenvalue weighted by atomic mass is 16.5. The van der Waals surface area contributed by atoms with Crippen molar-refractivity contribution < 1.29 is 14.3 Å². The van der Waals surface area contributed by atoms with Crippen molar-refractivity contribution in [2.75, 3.05) is 25.6 Å². The predicted molar refractivity (Wildman–Crippen MR) is 119 cm³/mol. The van der Waals surface area contributed by atoms with Gasteiger partial charge in [0, 0.05) is 36.7 Å². The first kappa shape index (κ1) is 23.7. The molecule has 162 valence electrons. The van der Waals surface area contributed by atoms with Gasteiger partial charge in [0.2, 0.25) is 0 Å². The second-order valence-corrected chi connectivity index (χ2v) is 7.26. The van der Waals surface area contributed by atoms with Crippen LogP contribution in [-0.4, -0.2) is 30.8 Å². The lowest BCUT2D eigenvalue weighted by Gasteiger charge is -2.17. The molecule has 2 rings (SSSR count). The molecular weight excluding hydrogens is 392 g/mol. The first-order valence-electron chi connectivity index (χ1n) is 10.1. The minimum Gasteiger partial charge on any atom is -0.493 e. The average molecular weight is 421 g/mol. The number of nitrogens with zero attached hydrogens (tertiary/aromatic N) is 3. The Bertz CT molecular complexity index is 1020. The van der Waals surface area contributed by atoms with E-state index < -0.39 is 5.91 Å². The summed E-state index contributed by atoms with van der Waals surface area (Å²) in [5.41, 5.74) is 3.37. The van der Waals surface area contributed by atoms with Crippen LogP contribution in [0.25, 0.3) is 6.08 Å². The van der Waals surface area contributed by atoms with E-state index >= 15 is 0 Å². The number of ether oxygens (including phenoxy) is 2. The first-order chi connectivity index (χ1) is 14.9. The number of hydrogen-bond donors (Lipinski definition) is 1. The van der Waals surface area contributed by atoms with Crippen LogP contribution >= 0.6 is 0 Å². The molecule has 0 aliphatic rings. The molecule has 7 nitrogen and oxygen atoms in total. The maximum absolute atomic E-state index is 12.7. The quantitative estimate of drug-likeness (QED) is 0.345. The van der Waals surface area contributed by atoms with Gasteiger partial charge in [-0.3, -0.25) is 4.79 Å². The molecule has 0 radical (unpaired) electrons. The zero-order valence-electron chi connectivity index (χ0n) is 18.4. The lowest BCUT2D eigenvalue weighted by atomic mass is 10.1. The minimum atomic E-state index is -0.487. The van der Waals surface area contributed by atoms with Crippen molar-refractivity contribution in [1.82, 2.24) is 4.57 Å². The number of carbonyl (C=O) groups excluding carboxylic acids is 1. The third-order valence-corrected chi connectivity index (χ3v) is 4.83. The summed E-state index contributed by atoms with van der Waals surface area (Å²) in [5.74, 6) is 0.104. The maximum atomic E-state index is 12.7. The number of nitriles is 2. The number of anilines is 1. The number of aryl methyl sites for hydroxylation is 1. The Morgan fingerprint density at radius 2 is 2.06 bits per heavy atom. The topological polar surface area (TPSA) is 100 Å². The van der Waals surface area contributed by atoms with E-state index in [2.05, 4.69) is 22.9 Å². The van der Waals surface area contributed by atoms with E-state index in [9.17, 15) is 10.1 Å². The Hall–Kier alpha value is -3.55. The fourth-order valence-electron chi connectivity index (χ4n) is 3.45. The van der Waals surface area contributed by atoms with Crippen molar-refractivity contribution in [1.29, 1.82) is 10.5 Å². The first-order valence-corrected chi connectivity index (χ1v) is 10.1. The lowest BCUT2D eigenvalue weighted by molar-refractivity contribution is -0.112. The van der Waals surface area contributed by atoms with E-state index in [1.807, 2.05) is 26.0 Å². The number of nitrogens with one attached hydrogen (secondary N) is 1. The summed E-state index contributed by atoms with van der Waals surface area (Å²) in [6.45, 7) is 7.01. The van der Waals surface area contributed by atoms with E-state index in [1.54, 1.807) is 37.5 Å². The van der Waals surface area contributed by atoms with Crippen molar-refractivity contribution in [3.63, 3.8) is 0 Å². The molecule has 1 aromatic heterocycles. The zero-order valence-corrected chi connectivity index (χ0v) is 18.4. The van der Waals surface area contributed by atoms with Gasteiger partial charge < -0.3 is 19.4 Å². The number of aromatic nitrogens is 1. The average Bonchev–Trinajstić information content (AvgIpc) is 3.02. The maximum Gasteiger partial charge on any atom is 0.266 e. The fraction of sp³-hybridized carbons (Fsp3) is 0.375. The second-order valence-electron chi connectivity index (χ2n) is 7.26. The summed E-state index contributed by atoms with van der Waals surface area (Å²) in [6.07, 6.45) is 2.67. The molecule has 31 heavy (non-hydrogen) atoms. The molecule has 1 aromatic carbocycles. The highest BCUT2D eigenvalue weighted by Gasteiger charge is 2.16. The molecule has 2 aromatic rings. The molecule has 0 aliphatic heterocycles. The van der Waals surface area contributed by atoms with Gasteiger partial charge in [0.1, 0.15) is 17.4 Å².